The number of halogens is 1. The summed E-state index contributed by atoms with van der Waals surface area (Å²) in [6.07, 6.45) is 1.32. The molecule has 0 aliphatic carbocycles. The molecule has 1 rings (SSSR count). The molecule has 0 spiro atoms. The zero-order chi connectivity index (χ0) is 11.3. The van der Waals surface area contributed by atoms with Crippen LogP contribution in [0.15, 0.2) is 12.1 Å². The van der Waals surface area contributed by atoms with Crippen LogP contribution in [0.25, 0.3) is 0 Å². The molecule has 1 aromatic rings. The number of benzene rings is 1. The molecule has 0 aliphatic rings. The van der Waals surface area contributed by atoms with Crippen molar-refractivity contribution < 1.29 is 15.0 Å². The maximum atomic E-state index is 10.8. The minimum atomic E-state index is -0.183. The van der Waals surface area contributed by atoms with E-state index in [2.05, 4.69) is 0 Å². The van der Waals surface area contributed by atoms with Crippen LogP contribution in [0.2, 0.25) is 0 Å². The van der Waals surface area contributed by atoms with E-state index in [9.17, 15) is 4.79 Å². The van der Waals surface area contributed by atoms with Crippen LogP contribution in [-0.4, -0.2) is 22.4 Å². The van der Waals surface area contributed by atoms with Gasteiger partial charge in [0.05, 0.1) is 13.2 Å². The maximum Gasteiger partial charge on any atom is 0.150 e. The van der Waals surface area contributed by atoms with Gasteiger partial charge >= 0.3 is 0 Å². The molecule has 0 bridgehead atoms. The zero-order valence-electron chi connectivity index (χ0n) is 8.24. The smallest absolute Gasteiger partial charge is 0.150 e. The fraction of sp³-hybridized carbons (Fsp3) is 0.364. The van der Waals surface area contributed by atoms with Gasteiger partial charge in [0.2, 0.25) is 0 Å². The molecule has 0 heterocycles. The van der Waals surface area contributed by atoms with E-state index >= 15 is 0 Å². The first-order chi connectivity index (χ1) is 7.26. The molecular formula is C11H13ClO3. The van der Waals surface area contributed by atoms with E-state index in [-0.39, 0.29) is 13.2 Å². The number of aliphatic hydroxyl groups excluding tert-OH is 2. The lowest BCUT2D eigenvalue weighted by Gasteiger charge is -2.10. The Bertz CT molecular complexity index is 350. The summed E-state index contributed by atoms with van der Waals surface area (Å²) in [5.41, 5.74) is 2.55. The average molecular weight is 229 g/mol. The third-order valence-electron chi connectivity index (χ3n) is 2.29. The first-order valence-corrected chi connectivity index (χ1v) is 5.17. The Morgan fingerprint density at radius 2 is 1.73 bits per heavy atom. The molecule has 0 saturated carbocycles. The average Bonchev–Trinajstić information content (AvgIpc) is 2.28. The molecular weight excluding hydrogens is 216 g/mol. The van der Waals surface area contributed by atoms with E-state index in [0.29, 0.717) is 29.0 Å². The number of aldehydes is 1. The van der Waals surface area contributed by atoms with Crippen LogP contribution in [0.1, 0.15) is 27.0 Å². The van der Waals surface area contributed by atoms with Crippen LogP contribution in [0, 0.1) is 0 Å². The van der Waals surface area contributed by atoms with E-state index in [1.807, 2.05) is 0 Å². The molecule has 0 amide bonds. The van der Waals surface area contributed by atoms with Gasteiger partial charge in [-0.1, -0.05) is 6.07 Å². The molecule has 3 nitrogen and oxygen atoms in total. The van der Waals surface area contributed by atoms with Crippen molar-refractivity contribution in [3.05, 3.63) is 34.4 Å². The van der Waals surface area contributed by atoms with E-state index in [1.165, 1.54) is 0 Å². The highest BCUT2D eigenvalue weighted by atomic mass is 35.5. The van der Waals surface area contributed by atoms with E-state index in [0.717, 1.165) is 11.8 Å². The molecule has 0 atom stereocenters. The molecule has 0 aromatic heterocycles. The quantitative estimate of drug-likeness (QED) is 0.589. The van der Waals surface area contributed by atoms with Gasteiger partial charge in [-0.2, -0.15) is 0 Å². The second kappa shape index (κ2) is 5.85. The predicted octanol–water partition coefficient (Wildman–Crippen LogP) is 1.26. The van der Waals surface area contributed by atoms with Gasteiger partial charge in [0.15, 0.2) is 0 Å². The zero-order valence-corrected chi connectivity index (χ0v) is 9.00. The van der Waals surface area contributed by atoms with Crippen LogP contribution in [-0.2, 0) is 19.6 Å². The number of carbonyl (C=O) groups is 1. The number of hydrogen-bond acceptors (Lipinski definition) is 3. The Morgan fingerprint density at radius 1 is 1.13 bits per heavy atom. The summed E-state index contributed by atoms with van der Waals surface area (Å²) in [6.45, 7) is -0.331. The standard InChI is InChI=1S/C11H13ClO3/c12-2-1-8-3-10(6-14)11(7-15)4-9(8)5-13/h3-5,14-15H,1-2,6-7H2. The van der Waals surface area contributed by atoms with Crippen LogP contribution in [0.4, 0.5) is 0 Å². The molecule has 4 heteroatoms. The number of hydrogen-bond donors (Lipinski definition) is 2. The third-order valence-corrected chi connectivity index (χ3v) is 2.48. The number of rotatable bonds is 5. The van der Waals surface area contributed by atoms with Crippen molar-refractivity contribution in [1.29, 1.82) is 0 Å². The van der Waals surface area contributed by atoms with Gasteiger partial charge in [0.1, 0.15) is 6.29 Å². The first-order valence-electron chi connectivity index (χ1n) is 4.64. The fourth-order valence-corrected chi connectivity index (χ4v) is 1.69. The minimum Gasteiger partial charge on any atom is -0.392 e. The summed E-state index contributed by atoms with van der Waals surface area (Å²) < 4.78 is 0. The Balaban J connectivity index is 3.20. The maximum absolute atomic E-state index is 10.8. The Morgan fingerprint density at radius 3 is 2.20 bits per heavy atom. The van der Waals surface area contributed by atoms with Crippen molar-refractivity contribution in [3.63, 3.8) is 0 Å². The normalized spacial score (nSPS) is 10.3. The van der Waals surface area contributed by atoms with Gasteiger partial charge in [-0.05, 0) is 29.2 Å². The van der Waals surface area contributed by atoms with Crippen molar-refractivity contribution in [2.24, 2.45) is 0 Å². The molecule has 15 heavy (non-hydrogen) atoms. The molecule has 0 fully saturated rings. The second-order valence-electron chi connectivity index (χ2n) is 3.19. The van der Waals surface area contributed by atoms with Crippen LogP contribution in [0.5, 0.6) is 0 Å². The molecule has 0 unspecified atom stereocenters. The highest BCUT2D eigenvalue weighted by Gasteiger charge is 2.08. The SMILES string of the molecule is O=Cc1cc(CO)c(CO)cc1CCCl. The van der Waals surface area contributed by atoms with Crippen molar-refractivity contribution in [2.75, 3.05) is 5.88 Å². The Hall–Kier alpha value is -0.900. The molecule has 1 aromatic carbocycles. The van der Waals surface area contributed by atoms with Gasteiger partial charge in [-0.3, -0.25) is 4.79 Å². The predicted molar refractivity (Wildman–Crippen MR) is 58.1 cm³/mol. The van der Waals surface area contributed by atoms with E-state index in [1.54, 1.807) is 12.1 Å². The summed E-state index contributed by atoms with van der Waals surface area (Å²) in [6, 6.07) is 3.32. The van der Waals surface area contributed by atoms with Crippen LogP contribution in [0.3, 0.4) is 0 Å². The summed E-state index contributed by atoms with van der Waals surface area (Å²) in [7, 11) is 0. The third kappa shape index (κ3) is 2.78. The molecule has 82 valence electrons. The molecule has 0 saturated heterocycles. The van der Waals surface area contributed by atoms with E-state index < -0.39 is 0 Å². The topological polar surface area (TPSA) is 57.5 Å². The van der Waals surface area contributed by atoms with Crippen molar-refractivity contribution in [1.82, 2.24) is 0 Å². The Labute approximate surface area is 93.3 Å². The number of alkyl halides is 1. The van der Waals surface area contributed by atoms with Gasteiger partial charge in [-0.15, -0.1) is 11.6 Å². The summed E-state index contributed by atoms with van der Waals surface area (Å²) in [4.78, 5) is 10.8. The largest absolute Gasteiger partial charge is 0.392 e. The van der Waals surface area contributed by atoms with E-state index in [4.69, 9.17) is 21.8 Å². The number of carbonyl (C=O) groups excluding carboxylic acids is 1. The molecule has 2 N–H and O–H groups in total. The van der Waals surface area contributed by atoms with Crippen molar-refractivity contribution >= 4 is 17.9 Å². The van der Waals surface area contributed by atoms with Gasteiger partial charge < -0.3 is 10.2 Å². The van der Waals surface area contributed by atoms with Crippen molar-refractivity contribution in [2.45, 2.75) is 19.6 Å². The second-order valence-corrected chi connectivity index (χ2v) is 3.57. The van der Waals surface area contributed by atoms with Gasteiger partial charge in [-0.25, -0.2) is 0 Å². The van der Waals surface area contributed by atoms with Crippen LogP contribution < -0.4 is 0 Å². The van der Waals surface area contributed by atoms with Crippen LogP contribution >= 0.6 is 11.6 Å². The lowest BCUT2D eigenvalue weighted by molar-refractivity contribution is 0.112. The summed E-state index contributed by atoms with van der Waals surface area (Å²) in [5.74, 6) is 0.421. The Kier molecular flexibility index (Phi) is 4.75. The minimum absolute atomic E-state index is 0.148. The first kappa shape index (κ1) is 12.2. The highest BCUT2D eigenvalue weighted by Crippen LogP contribution is 2.17. The lowest BCUT2D eigenvalue weighted by atomic mass is 9.98. The highest BCUT2D eigenvalue weighted by molar-refractivity contribution is 6.18. The molecule has 0 radical (unpaired) electrons. The summed E-state index contributed by atoms with van der Waals surface area (Å²) in [5, 5.41) is 18.1. The van der Waals surface area contributed by atoms with Gasteiger partial charge in [0.25, 0.3) is 0 Å². The van der Waals surface area contributed by atoms with Crippen molar-refractivity contribution in [3.8, 4) is 0 Å². The summed E-state index contributed by atoms with van der Waals surface area (Å²) >= 11 is 5.61. The fourth-order valence-electron chi connectivity index (χ4n) is 1.48. The van der Waals surface area contributed by atoms with Gasteiger partial charge in [0, 0.05) is 11.4 Å². The molecule has 0 aliphatic heterocycles. The number of aliphatic hydroxyl groups is 2. The monoisotopic (exact) mass is 228 g/mol. The lowest BCUT2D eigenvalue weighted by Crippen LogP contribution is -2.02. The number of aryl methyl sites for hydroxylation is 1.